The molecule has 0 bridgehead atoms. The van der Waals surface area contributed by atoms with Crippen molar-refractivity contribution in [3.8, 4) is 0 Å². The molecule has 0 aromatic heterocycles. The van der Waals surface area contributed by atoms with Crippen LogP contribution in [-0.2, 0) is 9.59 Å². The number of halogens is 2. The standard InChI is InChI=1S/C18H22Cl2N4O3/c19-15-2-1-13(11-16(15)20)22-7-9-24(10-8-22)18(27)21-12-17(26)23-5-3-14(25)4-6-23/h1-2,11H,3-10,12H2,(H,21,27). The van der Waals surface area contributed by atoms with Crippen LogP contribution in [0.4, 0.5) is 10.5 Å². The molecule has 3 amide bonds. The Morgan fingerprint density at radius 1 is 0.926 bits per heavy atom. The summed E-state index contributed by atoms with van der Waals surface area (Å²) in [5.74, 6) is 0.0354. The molecule has 2 aliphatic heterocycles. The second-order valence-corrected chi connectivity index (χ2v) is 7.47. The van der Waals surface area contributed by atoms with E-state index in [1.54, 1.807) is 15.9 Å². The minimum Gasteiger partial charge on any atom is -0.368 e. The number of rotatable bonds is 3. The summed E-state index contributed by atoms with van der Waals surface area (Å²) >= 11 is 12.0. The van der Waals surface area contributed by atoms with Gasteiger partial charge in [-0.25, -0.2) is 4.79 Å². The average molecular weight is 413 g/mol. The predicted molar refractivity (Wildman–Crippen MR) is 104 cm³/mol. The Balaban J connectivity index is 1.43. The molecule has 1 aromatic rings. The van der Waals surface area contributed by atoms with Gasteiger partial charge in [0.05, 0.1) is 16.6 Å². The average Bonchev–Trinajstić information content (AvgIpc) is 2.68. The third kappa shape index (κ3) is 5.05. The Morgan fingerprint density at radius 2 is 1.59 bits per heavy atom. The number of ketones is 1. The van der Waals surface area contributed by atoms with Crippen molar-refractivity contribution >= 4 is 46.6 Å². The molecule has 0 atom stereocenters. The minimum absolute atomic E-state index is 0.0416. The fourth-order valence-corrected chi connectivity index (χ4v) is 3.52. The summed E-state index contributed by atoms with van der Waals surface area (Å²) < 4.78 is 0. The summed E-state index contributed by atoms with van der Waals surface area (Å²) in [6, 6.07) is 5.25. The van der Waals surface area contributed by atoms with E-state index in [2.05, 4.69) is 10.2 Å². The summed E-state index contributed by atoms with van der Waals surface area (Å²) in [5, 5.41) is 3.71. The maximum Gasteiger partial charge on any atom is 0.317 e. The highest BCUT2D eigenvalue weighted by atomic mass is 35.5. The van der Waals surface area contributed by atoms with Crippen molar-refractivity contribution in [1.82, 2.24) is 15.1 Å². The molecule has 7 nitrogen and oxygen atoms in total. The summed E-state index contributed by atoms with van der Waals surface area (Å²) in [6.07, 6.45) is 0.798. The van der Waals surface area contributed by atoms with Gasteiger partial charge in [-0.1, -0.05) is 23.2 Å². The Hall–Kier alpha value is -1.99. The number of hydrogen-bond acceptors (Lipinski definition) is 4. The molecule has 3 rings (SSSR count). The number of Topliss-reactive ketones (excluding diaryl/α,β-unsaturated/α-hetero) is 1. The zero-order valence-corrected chi connectivity index (χ0v) is 16.4. The fourth-order valence-electron chi connectivity index (χ4n) is 3.23. The first-order valence-electron chi connectivity index (χ1n) is 8.96. The van der Waals surface area contributed by atoms with Gasteiger partial charge in [-0.2, -0.15) is 0 Å². The Kier molecular flexibility index (Phi) is 6.44. The molecule has 2 aliphatic rings. The van der Waals surface area contributed by atoms with Crippen LogP contribution in [0.25, 0.3) is 0 Å². The molecule has 1 aromatic carbocycles. The van der Waals surface area contributed by atoms with Crippen molar-refractivity contribution in [2.24, 2.45) is 0 Å². The van der Waals surface area contributed by atoms with Gasteiger partial charge in [0.1, 0.15) is 5.78 Å². The quantitative estimate of drug-likeness (QED) is 0.823. The number of carbonyl (C=O) groups is 3. The third-order valence-corrected chi connectivity index (χ3v) is 5.64. The Morgan fingerprint density at radius 3 is 2.22 bits per heavy atom. The summed E-state index contributed by atoms with van der Waals surface area (Å²) in [4.78, 5) is 41.2. The van der Waals surface area contributed by atoms with Crippen LogP contribution < -0.4 is 10.2 Å². The predicted octanol–water partition coefficient (Wildman–Crippen LogP) is 2.02. The Labute approximate surface area is 168 Å². The molecule has 2 fully saturated rings. The van der Waals surface area contributed by atoms with Crippen molar-refractivity contribution in [1.29, 1.82) is 0 Å². The van der Waals surface area contributed by atoms with Gasteiger partial charge in [-0.05, 0) is 18.2 Å². The minimum atomic E-state index is -0.245. The number of piperazine rings is 1. The lowest BCUT2D eigenvalue weighted by Crippen LogP contribution is -2.53. The lowest BCUT2D eigenvalue weighted by molar-refractivity contribution is -0.133. The highest BCUT2D eigenvalue weighted by molar-refractivity contribution is 6.42. The molecular weight excluding hydrogens is 391 g/mol. The SMILES string of the molecule is O=C1CCN(C(=O)CNC(=O)N2CCN(c3ccc(Cl)c(Cl)c3)CC2)CC1. The van der Waals surface area contributed by atoms with Crippen LogP contribution in [0.1, 0.15) is 12.8 Å². The van der Waals surface area contributed by atoms with E-state index in [4.69, 9.17) is 23.2 Å². The van der Waals surface area contributed by atoms with Gasteiger partial charge in [0.25, 0.3) is 0 Å². The number of nitrogens with zero attached hydrogens (tertiary/aromatic N) is 3. The number of nitrogens with one attached hydrogen (secondary N) is 1. The maximum absolute atomic E-state index is 12.3. The van der Waals surface area contributed by atoms with Crippen molar-refractivity contribution in [3.05, 3.63) is 28.2 Å². The van der Waals surface area contributed by atoms with Crippen LogP contribution in [-0.4, -0.2) is 73.3 Å². The van der Waals surface area contributed by atoms with Crippen molar-refractivity contribution in [2.75, 3.05) is 50.7 Å². The van der Waals surface area contributed by atoms with E-state index in [1.165, 1.54) is 0 Å². The van der Waals surface area contributed by atoms with Gasteiger partial charge < -0.3 is 20.0 Å². The van der Waals surface area contributed by atoms with Gasteiger partial charge in [-0.15, -0.1) is 0 Å². The molecule has 0 saturated carbocycles. The number of likely N-dealkylation sites (tertiary alicyclic amines) is 1. The molecule has 1 N–H and O–H groups in total. The van der Waals surface area contributed by atoms with Crippen LogP contribution in [0.5, 0.6) is 0 Å². The molecule has 0 spiro atoms. The number of carbonyl (C=O) groups excluding carboxylic acids is 3. The number of urea groups is 1. The number of piperidine rings is 1. The van der Waals surface area contributed by atoms with Gasteiger partial charge in [0, 0.05) is 57.8 Å². The van der Waals surface area contributed by atoms with E-state index in [0.717, 1.165) is 5.69 Å². The van der Waals surface area contributed by atoms with Crippen molar-refractivity contribution < 1.29 is 14.4 Å². The summed E-state index contributed by atoms with van der Waals surface area (Å²) in [6.45, 7) is 3.30. The summed E-state index contributed by atoms with van der Waals surface area (Å²) in [7, 11) is 0. The Bertz CT molecular complexity index is 725. The zero-order valence-electron chi connectivity index (χ0n) is 14.9. The molecule has 0 unspecified atom stereocenters. The molecule has 146 valence electrons. The number of anilines is 1. The van der Waals surface area contributed by atoms with Crippen LogP contribution in [0.3, 0.4) is 0 Å². The monoisotopic (exact) mass is 412 g/mol. The van der Waals surface area contributed by atoms with Crippen molar-refractivity contribution in [3.63, 3.8) is 0 Å². The highest BCUT2D eigenvalue weighted by Crippen LogP contribution is 2.27. The zero-order chi connectivity index (χ0) is 19.4. The van der Waals surface area contributed by atoms with Gasteiger partial charge in [0.15, 0.2) is 0 Å². The first-order valence-corrected chi connectivity index (χ1v) is 9.72. The molecular formula is C18H22Cl2N4O3. The van der Waals surface area contributed by atoms with Gasteiger partial charge in [0.2, 0.25) is 5.91 Å². The molecule has 27 heavy (non-hydrogen) atoms. The molecule has 2 saturated heterocycles. The van der Waals surface area contributed by atoms with E-state index in [9.17, 15) is 14.4 Å². The molecule has 9 heteroatoms. The third-order valence-electron chi connectivity index (χ3n) is 4.90. The largest absolute Gasteiger partial charge is 0.368 e. The maximum atomic E-state index is 12.3. The number of hydrogen-bond donors (Lipinski definition) is 1. The second-order valence-electron chi connectivity index (χ2n) is 6.65. The molecule has 0 aliphatic carbocycles. The van der Waals surface area contributed by atoms with E-state index < -0.39 is 0 Å². The van der Waals surface area contributed by atoms with Crippen LogP contribution >= 0.6 is 23.2 Å². The smallest absolute Gasteiger partial charge is 0.317 e. The first kappa shape index (κ1) is 19.8. The number of amides is 3. The van der Waals surface area contributed by atoms with E-state index in [-0.39, 0.29) is 24.3 Å². The van der Waals surface area contributed by atoms with Gasteiger partial charge in [-0.3, -0.25) is 9.59 Å². The normalized spacial score (nSPS) is 17.9. The number of benzene rings is 1. The van der Waals surface area contributed by atoms with Crippen molar-refractivity contribution in [2.45, 2.75) is 12.8 Å². The molecule has 0 radical (unpaired) electrons. The highest BCUT2D eigenvalue weighted by Gasteiger charge is 2.24. The van der Waals surface area contributed by atoms with Crippen LogP contribution in [0.15, 0.2) is 18.2 Å². The van der Waals surface area contributed by atoms with Crippen LogP contribution in [0, 0.1) is 0 Å². The summed E-state index contributed by atoms with van der Waals surface area (Å²) in [5.41, 5.74) is 0.972. The topological polar surface area (TPSA) is 73.0 Å². The van der Waals surface area contributed by atoms with Gasteiger partial charge >= 0.3 is 6.03 Å². The first-order chi connectivity index (χ1) is 12.9. The fraction of sp³-hybridized carbons (Fsp3) is 0.500. The van der Waals surface area contributed by atoms with E-state index in [1.807, 2.05) is 12.1 Å². The van der Waals surface area contributed by atoms with Crippen LogP contribution in [0.2, 0.25) is 10.0 Å². The lowest BCUT2D eigenvalue weighted by Gasteiger charge is -2.36. The van der Waals surface area contributed by atoms with E-state index in [0.29, 0.717) is 62.2 Å². The molecule has 2 heterocycles. The van der Waals surface area contributed by atoms with E-state index >= 15 is 0 Å². The lowest BCUT2D eigenvalue weighted by atomic mass is 10.1. The second kappa shape index (κ2) is 8.80.